The number of halogens is 1. The van der Waals surface area contributed by atoms with Crippen molar-refractivity contribution < 1.29 is 13.9 Å². The molecule has 0 fully saturated rings. The van der Waals surface area contributed by atoms with Crippen LogP contribution in [0.3, 0.4) is 0 Å². The van der Waals surface area contributed by atoms with Crippen molar-refractivity contribution in [3.8, 4) is 0 Å². The Kier molecular flexibility index (Phi) is 5.28. The number of esters is 1. The second-order valence-corrected chi connectivity index (χ2v) is 4.88. The predicted molar refractivity (Wildman–Crippen MR) is 68.6 cm³/mol. The Morgan fingerprint density at radius 3 is 2.78 bits per heavy atom. The summed E-state index contributed by atoms with van der Waals surface area (Å²) in [7, 11) is 0. The molecule has 0 aromatic heterocycles. The van der Waals surface area contributed by atoms with Crippen molar-refractivity contribution >= 4 is 5.97 Å². The Morgan fingerprint density at radius 2 is 2.17 bits per heavy atom. The summed E-state index contributed by atoms with van der Waals surface area (Å²) < 4.78 is 18.1. The van der Waals surface area contributed by atoms with Gasteiger partial charge in [0, 0.05) is 18.5 Å². The van der Waals surface area contributed by atoms with E-state index in [1.807, 2.05) is 19.9 Å². The van der Waals surface area contributed by atoms with E-state index < -0.39 is 0 Å². The SMILES string of the molecule is CCC(=O)OCC(C)(C)NCc1cccc(F)c1. The molecule has 0 radical (unpaired) electrons. The Bertz CT molecular complexity index is 405. The summed E-state index contributed by atoms with van der Waals surface area (Å²) in [4.78, 5) is 11.1. The molecule has 0 aliphatic rings. The Morgan fingerprint density at radius 1 is 1.44 bits per heavy atom. The maximum Gasteiger partial charge on any atom is 0.305 e. The highest BCUT2D eigenvalue weighted by molar-refractivity contribution is 5.68. The lowest BCUT2D eigenvalue weighted by Gasteiger charge is -2.26. The Hall–Kier alpha value is -1.42. The summed E-state index contributed by atoms with van der Waals surface area (Å²) in [5.74, 6) is -0.458. The van der Waals surface area contributed by atoms with Crippen molar-refractivity contribution in [1.29, 1.82) is 0 Å². The number of ether oxygens (including phenoxy) is 1. The third-order valence-electron chi connectivity index (χ3n) is 2.54. The van der Waals surface area contributed by atoms with Crippen LogP contribution in [0, 0.1) is 5.82 Å². The summed E-state index contributed by atoms with van der Waals surface area (Å²) >= 11 is 0. The zero-order chi connectivity index (χ0) is 13.6. The van der Waals surface area contributed by atoms with Crippen LogP contribution in [0.5, 0.6) is 0 Å². The van der Waals surface area contributed by atoms with Gasteiger partial charge >= 0.3 is 5.97 Å². The predicted octanol–water partition coefficient (Wildman–Crippen LogP) is 2.65. The number of hydrogen-bond donors (Lipinski definition) is 1. The van der Waals surface area contributed by atoms with E-state index in [2.05, 4.69) is 5.32 Å². The summed E-state index contributed by atoms with van der Waals surface area (Å²) in [5.41, 5.74) is 0.529. The van der Waals surface area contributed by atoms with Crippen molar-refractivity contribution in [2.24, 2.45) is 0 Å². The second-order valence-electron chi connectivity index (χ2n) is 4.88. The molecule has 0 heterocycles. The van der Waals surface area contributed by atoms with Gasteiger partial charge in [0.05, 0.1) is 0 Å². The fourth-order valence-corrected chi connectivity index (χ4v) is 1.40. The minimum absolute atomic E-state index is 0.212. The number of rotatable bonds is 6. The smallest absolute Gasteiger partial charge is 0.305 e. The molecule has 0 amide bonds. The van der Waals surface area contributed by atoms with Gasteiger partial charge in [0.25, 0.3) is 0 Å². The van der Waals surface area contributed by atoms with Crippen molar-refractivity contribution in [3.05, 3.63) is 35.6 Å². The zero-order valence-electron chi connectivity index (χ0n) is 11.1. The molecule has 0 spiro atoms. The van der Waals surface area contributed by atoms with E-state index in [0.717, 1.165) is 5.56 Å². The summed E-state index contributed by atoms with van der Waals surface area (Å²) in [5, 5.41) is 3.24. The molecule has 1 N–H and O–H groups in total. The molecule has 0 bridgehead atoms. The topological polar surface area (TPSA) is 38.3 Å². The normalized spacial score (nSPS) is 11.3. The van der Waals surface area contributed by atoms with Gasteiger partial charge in [-0.2, -0.15) is 0 Å². The average Bonchev–Trinajstić information content (AvgIpc) is 2.34. The molecule has 0 saturated heterocycles. The molecule has 0 saturated carbocycles. The molecule has 4 heteroatoms. The van der Waals surface area contributed by atoms with Crippen LogP contribution in [-0.2, 0) is 16.1 Å². The van der Waals surface area contributed by atoms with Crippen molar-refractivity contribution in [3.63, 3.8) is 0 Å². The minimum atomic E-state index is -0.336. The lowest BCUT2D eigenvalue weighted by atomic mass is 10.1. The van der Waals surface area contributed by atoms with Crippen LogP contribution >= 0.6 is 0 Å². The molecule has 1 aromatic carbocycles. The van der Waals surface area contributed by atoms with E-state index in [4.69, 9.17) is 4.74 Å². The zero-order valence-corrected chi connectivity index (χ0v) is 11.1. The van der Waals surface area contributed by atoms with E-state index in [0.29, 0.717) is 19.6 Å². The lowest BCUT2D eigenvalue weighted by molar-refractivity contribution is -0.145. The van der Waals surface area contributed by atoms with Crippen LogP contribution < -0.4 is 5.32 Å². The van der Waals surface area contributed by atoms with Crippen LogP contribution in [0.4, 0.5) is 4.39 Å². The van der Waals surface area contributed by atoms with Crippen molar-refractivity contribution in [2.45, 2.75) is 39.3 Å². The van der Waals surface area contributed by atoms with Gasteiger partial charge in [-0.05, 0) is 31.5 Å². The summed E-state index contributed by atoms with van der Waals surface area (Å²) in [6.45, 7) is 6.48. The highest BCUT2D eigenvalue weighted by Gasteiger charge is 2.19. The molecule has 100 valence electrons. The van der Waals surface area contributed by atoms with Gasteiger partial charge in [-0.15, -0.1) is 0 Å². The number of hydrogen-bond acceptors (Lipinski definition) is 3. The molecule has 0 aliphatic carbocycles. The average molecular weight is 253 g/mol. The van der Waals surface area contributed by atoms with Crippen molar-refractivity contribution in [1.82, 2.24) is 5.32 Å². The summed E-state index contributed by atoms with van der Waals surface area (Å²) in [6.07, 6.45) is 0.375. The fourth-order valence-electron chi connectivity index (χ4n) is 1.40. The van der Waals surface area contributed by atoms with Gasteiger partial charge in [0.15, 0.2) is 0 Å². The summed E-state index contributed by atoms with van der Waals surface area (Å²) in [6, 6.07) is 6.43. The van der Waals surface area contributed by atoms with Crippen LogP contribution in [-0.4, -0.2) is 18.1 Å². The fraction of sp³-hybridized carbons (Fsp3) is 0.500. The molecule has 18 heavy (non-hydrogen) atoms. The Balaban J connectivity index is 2.43. The van der Waals surface area contributed by atoms with Crippen LogP contribution in [0.25, 0.3) is 0 Å². The molecule has 1 rings (SSSR count). The highest BCUT2D eigenvalue weighted by Crippen LogP contribution is 2.08. The molecule has 3 nitrogen and oxygen atoms in total. The lowest BCUT2D eigenvalue weighted by Crippen LogP contribution is -2.43. The maximum absolute atomic E-state index is 13.0. The largest absolute Gasteiger partial charge is 0.464 e. The third kappa shape index (κ3) is 5.27. The first kappa shape index (κ1) is 14.6. The van der Waals surface area contributed by atoms with Crippen LogP contribution in [0.2, 0.25) is 0 Å². The monoisotopic (exact) mass is 253 g/mol. The van der Waals surface area contributed by atoms with Gasteiger partial charge < -0.3 is 10.1 Å². The number of benzene rings is 1. The maximum atomic E-state index is 13.0. The number of carbonyl (C=O) groups is 1. The van der Waals surface area contributed by atoms with Gasteiger partial charge in [-0.3, -0.25) is 4.79 Å². The highest BCUT2D eigenvalue weighted by atomic mass is 19.1. The van der Waals surface area contributed by atoms with E-state index in [-0.39, 0.29) is 17.3 Å². The Labute approximate surface area is 107 Å². The molecule has 1 aromatic rings. The van der Waals surface area contributed by atoms with Gasteiger partial charge in [-0.1, -0.05) is 19.1 Å². The molecular weight excluding hydrogens is 233 g/mol. The standard InChI is InChI=1S/C14H20FNO2/c1-4-13(17)18-10-14(2,3)16-9-11-6-5-7-12(15)8-11/h5-8,16H,4,9-10H2,1-3H3. The van der Waals surface area contributed by atoms with Gasteiger partial charge in [-0.25, -0.2) is 4.39 Å². The molecular formula is C14H20FNO2. The minimum Gasteiger partial charge on any atom is -0.464 e. The third-order valence-corrected chi connectivity index (χ3v) is 2.54. The van der Waals surface area contributed by atoms with E-state index >= 15 is 0 Å². The number of nitrogens with one attached hydrogen (secondary N) is 1. The second kappa shape index (κ2) is 6.50. The molecule has 0 aliphatic heterocycles. The van der Waals surface area contributed by atoms with Gasteiger partial charge in [0.1, 0.15) is 12.4 Å². The molecule has 0 unspecified atom stereocenters. The van der Waals surface area contributed by atoms with Crippen LogP contribution in [0.15, 0.2) is 24.3 Å². The van der Waals surface area contributed by atoms with E-state index in [1.165, 1.54) is 12.1 Å². The van der Waals surface area contributed by atoms with Crippen LogP contribution in [0.1, 0.15) is 32.8 Å². The van der Waals surface area contributed by atoms with Gasteiger partial charge in [0.2, 0.25) is 0 Å². The van der Waals surface area contributed by atoms with E-state index in [9.17, 15) is 9.18 Å². The quantitative estimate of drug-likeness (QED) is 0.792. The molecule has 0 atom stereocenters. The first-order valence-corrected chi connectivity index (χ1v) is 6.08. The van der Waals surface area contributed by atoms with E-state index in [1.54, 1.807) is 13.0 Å². The first-order valence-electron chi connectivity index (χ1n) is 6.08. The van der Waals surface area contributed by atoms with Crippen molar-refractivity contribution in [2.75, 3.05) is 6.61 Å². The number of carbonyl (C=O) groups excluding carboxylic acids is 1. The first-order chi connectivity index (χ1) is 8.43.